The highest BCUT2D eigenvalue weighted by Gasteiger charge is 2.30. The van der Waals surface area contributed by atoms with E-state index in [0.717, 1.165) is 6.07 Å². The molecule has 19 heavy (non-hydrogen) atoms. The lowest BCUT2D eigenvalue weighted by molar-refractivity contribution is -0.387. The van der Waals surface area contributed by atoms with Crippen LogP contribution in [0.5, 0.6) is 5.75 Å². The average Bonchev–Trinajstić information content (AvgIpc) is 2.33. The lowest BCUT2D eigenvalue weighted by Crippen LogP contribution is -2.56. The van der Waals surface area contributed by atoms with E-state index in [-0.39, 0.29) is 16.7 Å². The summed E-state index contributed by atoms with van der Waals surface area (Å²) in [6.45, 7) is 1.03. The fourth-order valence-corrected chi connectivity index (χ4v) is 3.04. The zero-order chi connectivity index (χ0) is 14.0. The minimum atomic E-state index is -3.91. The number of nitrogens with zero attached hydrogens (tertiary/aromatic N) is 1. The molecule has 1 aliphatic rings. The number of nitrogens with one attached hydrogen (secondary N) is 2. The van der Waals surface area contributed by atoms with Crippen molar-refractivity contribution in [1.82, 2.24) is 10.0 Å². The minimum absolute atomic E-state index is 0.230. The van der Waals surface area contributed by atoms with Crippen LogP contribution in [0.15, 0.2) is 23.1 Å². The van der Waals surface area contributed by atoms with E-state index in [9.17, 15) is 18.5 Å². The van der Waals surface area contributed by atoms with Crippen LogP contribution in [0.1, 0.15) is 0 Å². The summed E-state index contributed by atoms with van der Waals surface area (Å²) in [4.78, 5) is 9.86. The van der Waals surface area contributed by atoms with Gasteiger partial charge in [-0.1, -0.05) is 0 Å². The van der Waals surface area contributed by atoms with Crippen LogP contribution in [0.25, 0.3) is 0 Å². The Morgan fingerprint density at radius 2 is 2.16 bits per heavy atom. The normalized spacial score (nSPS) is 15.8. The highest BCUT2D eigenvalue weighted by Crippen LogP contribution is 2.28. The Morgan fingerprint density at radius 3 is 2.63 bits per heavy atom. The quantitative estimate of drug-likeness (QED) is 0.575. The maximum absolute atomic E-state index is 12.1. The fraction of sp³-hybridized carbons (Fsp3) is 0.400. The molecule has 9 heteroatoms. The van der Waals surface area contributed by atoms with Gasteiger partial charge in [0.15, 0.2) is 4.90 Å². The third kappa shape index (κ3) is 2.83. The van der Waals surface area contributed by atoms with Gasteiger partial charge in [-0.2, -0.15) is 0 Å². The summed E-state index contributed by atoms with van der Waals surface area (Å²) >= 11 is 0. The molecule has 0 spiro atoms. The van der Waals surface area contributed by atoms with Gasteiger partial charge in [-0.25, -0.2) is 13.1 Å². The van der Waals surface area contributed by atoms with E-state index in [1.807, 2.05) is 0 Å². The van der Waals surface area contributed by atoms with Crippen LogP contribution in [-0.2, 0) is 10.0 Å². The van der Waals surface area contributed by atoms with Crippen LogP contribution in [0, 0.1) is 10.1 Å². The van der Waals surface area contributed by atoms with Gasteiger partial charge in [0.05, 0.1) is 18.1 Å². The molecule has 0 saturated carbocycles. The van der Waals surface area contributed by atoms with Crippen molar-refractivity contribution in [3.63, 3.8) is 0 Å². The topological polar surface area (TPSA) is 111 Å². The number of ether oxygens (including phenoxy) is 1. The molecule has 1 saturated heterocycles. The van der Waals surface area contributed by atoms with E-state index in [1.54, 1.807) is 0 Å². The number of hydrogen-bond acceptors (Lipinski definition) is 6. The van der Waals surface area contributed by atoms with Gasteiger partial charge in [0, 0.05) is 19.1 Å². The number of benzene rings is 1. The van der Waals surface area contributed by atoms with E-state index in [2.05, 4.69) is 10.0 Å². The predicted octanol–water partition coefficient (Wildman–Crippen LogP) is -0.147. The van der Waals surface area contributed by atoms with Gasteiger partial charge >= 0.3 is 0 Å². The first-order chi connectivity index (χ1) is 8.94. The molecule has 0 radical (unpaired) electrons. The van der Waals surface area contributed by atoms with E-state index < -0.39 is 20.6 Å². The Balaban J connectivity index is 2.39. The molecule has 1 heterocycles. The van der Waals surface area contributed by atoms with Crippen LogP contribution in [0.2, 0.25) is 0 Å². The highest BCUT2D eigenvalue weighted by molar-refractivity contribution is 7.89. The molecule has 0 aromatic heterocycles. The standard InChI is InChI=1S/C10H13N3O5S/c1-18-8-2-3-10(9(4-8)13(14)15)19(16,17)12-7-5-11-6-7/h2-4,7,11-12H,5-6H2,1H3. The van der Waals surface area contributed by atoms with Gasteiger partial charge in [-0.15, -0.1) is 0 Å². The van der Waals surface area contributed by atoms with Crippen molar-refractivity contribution >= 4 is 15.7 Å². The molecule has 2 rings (SSSR count). The largest absolute Gasteiger partial charge is 0.497 e. The van der Waals surface area contributed by atoms with Gasteiger partial charge in [-0.05, 0) is 12.1 Å². The van der Waals surface area contributed by atoms with Crippen molar-refractivity contribution in [2.45, 2.75) is 10.9 Å². The molecule has 0 unspecified atom stereocenters. The zero-order valence-corrected chi connectivity index (χ0v) is 10.9. The highest BCUT2D eigenvalue weighted by atomic mass is 32.2. The lowest BCUT2D eigenvalue weighted by Gasteiger charge is -2.27. The number of hydrogen-bond donors (Lipinski definition) is 2. The summed E-state index contributed by atoms with van der Waals surface area (Å²) in [6.07, 6.45) is 0. The number of sulfonamides is 1. The van der Waals surface area contributed by atoms with Crippen LogP contribution >= 0.6 is 0 Å². The number of nitro groups is 1. The minimum Gasteiger partial charge on any atom is -0.497 e. The molecule has 104 valence electrons. The van der Waals surface area contributed by atoms with Crippen molar-refractivity contribution in [1.29, 1.82) is 0 Å². The van der Waals surface area contributed by atoms with E-state index in [0.29, 0.717) is 13.1 Å². The van der Waals surface area contributed by atoms with Crippen LogP contribution in [-0.4, -0.2) is 39.6 Å². The Morgan fingerprint density at radius 1 is 1.47 bits per heavy atom. The van der Waals surface area contributed by atoms with Gasteiger partial charge < -0.3 is 10.1 Å². The Kier molecular flexibility index (Phi) is 3.69. The first-order valence-corrected chi connectivity index (χ1v) is 6.98. The van der Waals surface area contributed by atoms with Crippen molar-refractivity contribution in [2.24, 2.45) is 0 Å². The first kappa shape index (κ1) is 13.7. The molecule has 8 nitrogen and oxygen atoms in total. The molecule has 1 aliphatic heterocycles. The summed E-state index contributed by atoms with van der Waals surface area (Å²) in [5, 5.41) is 13.9. The van der Waals surface area contributed by atoms with Crippen molar-refractivity contribution in [3.8, 4) is 5.75 Å². The second-order valence-electron chi connectivity index (χ2n) is 4.07. The molecule has 1 aromatic rings. The second-order valence-corrected chi connectivity index (χ2v) is 5.75. The fourth-order valence-electron chi connectivity index (χ4n) is 1.65. The van der Waals surface area contributed by atoms with Gasteiger partial charge in [0.1, 0.15) is 5.75 Å². The van der Waals surface area contributed by atoms with Crippen LogP contribution in [0.3, 0.4) is 0 Å². The number of methoxy groups -OCH3 is 1. The monoisotopic (exact) mass is 287 g/mol. The smallest absolute Gasteiger partial charge is 0.293 e. The van der Waals surface area contributed by atoms with Crippen molar-refractivity contribution in [3.05, 3.63) is 28.3 Å². The molecule has 0 atom stereocenters. The van der Waals surface area contributed by atoms with E-state index in [4.69, 9.17) is 4.74 Å². The maximum atomic E-state index is 12.1. The number of rotatable bonds is 5. The average molecular weight is 287 g/mol. The van der Waals surface area contributed by atoms with Gasteiger partial charge in [0.25, 0.3) is 5.69 Å². The van der Waals surface area contributed by atoms with Gasteiger partial charge in [0.2, 0.25) is 10.0 Å². The molecule has 1 aromatic carbocycles. The SMILES string of the molecule is COc1ccc(S(=O)(=O)NC2CNC2)c([N+](=O)[O-])c1. The Hall–Kier alpha value is -1.71. The third-order valence-corrected chi connectivity index (χ3v) is 4.32. The van der Waals surface area contributed by atoms with Crippen molar-refractivity contribution in [2.75, 3.05) is 20.2 Å². The van der Waals surface area contributed by atoms with Crippen LogP contribution < -0.4 is 14.8 Å². The molecular weight excluding hydrogens is 274 g/mol. The summed E-state index contributed by atoms with van der Waals surface area (Å²) < 4.78 is 31.4. The van der Waals surface area contributed by atoms with Gasteiger partial charge in [-0.3, -0.25) is 10.1 Å². The molecule has 0 bridgehead atoms. The molecular formula is C10H13N3O5S. The predicted molar refractivity (Wildman–Crippen MR) is 66.6 cm³/mol. The zero-order valence-electron chi connectivity index (χ0n) is 10.1. The lowest BCUT2D eigenvalue weighted by atomic mass is 10.2. The second kappa shape index (κ2) is 5.11. The summed E-state index contributed by atoms with van der Waals surface area (Å²) in [6, 6.07) is 3.41. The Bertz CT molecular complexity index is 597. The molecule has 0 aliphatic carbocycles. The maximum Gasteiger partial charge on any atom is 0.293 e. The van der Waals surface area contributed by atoms with Crippen LogP contribution in [0.4, 0.5) is 5.69 Å². The molecule has 2 N–H and O–H groups in total. The molecule has 1 fully saturated rings. The summed E-state index contributed by atoms with van der Waals surface area (Å²) in [5.41, 5.74) is -0.501. The third-order valence-electron chi connectivity index (χ3n) is 2.76. The first-order valence-electron chi connectivity index (χ1n) is 5.49. The molecule has 0 amide bonds. The Labute approximate surface area is 110 Å². The van der Waals surface area contributed by atoms with E-state index >= 15 is 0 Å². The summed E-state index contributed by atoms with van der Waals surface area (Å²) in [7, 11) is -2.56. The summed E-state index contributed by atoms with van der Waals surface area (Å²) in [5.74, 6) is 0.232. The van der Waals surface area contributed by atoms with E-state index in [1.165, 1.54) is 19.2 Å². The van der Waals surface area contributed by atoms with Crippen molar-refractivity contribution < 1.29 is 18.1 Å². The number of nitro benzene ring substituents is 1.